The highest BCUT2D eigenvalue weighted by atomic mass is 16.5. The summed E-state index contributed by atoms with van der Waals surface area (Å²) in [5.74, 6) is 4.88. The first kappa shape index (κ1) is 30.2. The van der Waals surface area contributed by atoms with E-state index in [-0.39, 0.29) is 0 Å². The molecule has 4 aliphatic carbocycles. The zero-order valence-corrected chi connectivity index (χ0v) is 25.1. The van der Waals surface area contributed by atoms with E-state index < -0.39 is 0 Å². The number of hydrogen-bond acceptors (Lipinski definition) is 4. The van der Waals surface area contributed by atoms with Gasteiger partial charge in [0.1, 0.15) is 6.07 Å². The van der Waals surface area contributed by atoms with Crippen molar-refractivity contribution in [2.75, 3.05) is 20.8 Å². The molecule has 1 N–H and O–H groups in total. The number of aliphatic hydroxyl groups is 1. The lowest BCUT2D eigenvalue weighted by atomic mass is 9.39. The normalized spacial score (nSPS) is 40.9. The predicted octanol–water partition coefficient (Wildman–Crippen LogP) is 7.34. The summed E-state index contributed by atoms with van der Waals surface area (Å²) in [5.41, 5.74) is 2.15. The Kier molecular flexibility index (Phi) is 9.95. The molecule has 210 valence electrons. The van der Waals surface area contributed by atoms with Crippen LogP contribution in [0.5, 0.6) is 0 Å². The monoisotopic (exact) mass is 513 g/mol. The second kappa shape index (κ2) is 12.2. The van der Waals surface area contributed by atoms with Crippen molar-refractivity contribution in [1.29, 1.82) is 5.26 Å². The molecule has 4 fully saturated rings. The van der Waals surface area contributed by atoms with Crippen molar-refractivity contribution in [3.05, 3.63) is 18.0 Å². The van der Waals surface area contributed by atoms with E-state index in [4.69, 9.17) is 15.1 Å². The highest BCUT2D eigenvalue weighted by Crippen LogP contribution is 2.71. The Balaban J connectivity index is 0.000000907. The third-order valence-corrected chi connectivity index (χ3v) is 11.9. The summed E-state index contributed by atoms with van der Waals surface area (Å²) in [6, 6.07) is 2.22. The van der Waals surface area contributed by atoms with Crippen LogP contribution in [0.15, 0.2) is 12.4 Å². The van der Waals surface area contributed by atoms with E-state index in [2.05, 4.69) is 38.9 Å². The maximum absolute atomic E-state index is 9.16. The van der Waals surface area contributed by atoms with Crippen molar-refractivity contribution in [1.82, 2.24) is 9.78 Å². The molecule has 0 radical (unpaired) electrons. The molecule has 9 unspecified atom stereocenters. The van der Waals surface area contributed by atoms with Gasteiger partial charge in [0.2, 0.25) is 0 Å². The largest absolute Gasteiger partial charge is 0.400 e. The van der Waals surface area contributed by atoms with Crippen LogP contribution in [0.1, 0.15) is 105 Å². The van der Waals surface area contributed by atoms with E-state index >= 15 is 0 Å². The van der Waals surface area contributed by atoms with Crippen LogP contribution in [-0.4, -0.2) is 35.7 Å². The molecule has 4 aliphatic rings. The van der Waals surface area contributed by atoms with Crippen LogP contribution in [0.25, 0.3) is 0 Å². The second-order valence-corrected chi connectivity index (χ2v) is 13.2. The molecular formula is C32H55N3O2. The SMILES string of the molecule is CC.CO.COCC1CCC2(C)C3CCC4(C)C(C(C)Cn5cc(C#N)cn5)CCC4C3CCC2(C)C1. The number of rotatable bonds is 5. The molecule has 0 amide bonds. The number of methoxy groups -OCH3 is 1. The molecule has 0 aromatic carbocycles. The fraction of sp³-hybridized carbons (Fsp3) is 0.875. The van der Waals surface area contributed by atoms with E-state index in [1.165, 1.54) is 57.8 Å². The number of nitrogens with zero attached hydrogens (tertiary/aromatic N) is 3. The van der Waals surface area contributed by atoms with Gasteiger partial charge >= 0.3 is 0 Å². The number of hydrogen-bond donors (Lipinski definition) is 1. The molecule has 1 heterocycles. The molecule has 1 aromatic rings. The average Bonchev–Trinajstić information content (AvgIpc) is 3.51. The Labute approximate surface area is 227 Å². The standard InChI is InChI=1S/C29H45N3O.C2H6.CH4O/c1-20(17-32-18-22(15-30)16-31-32)24-6-7-25-23-9-11-27(2)14-21(19-33-5)8-13-29(27,4)26(23)10-12-28(24,25)3;2*1-2/h16,18,20-21,23-26H,6-14,17,19H2,1-5H3;1-2H3;2H,1H3. The van der Waals surface area contributed by atoms with Gasteiger partial charge in [-0.25, -0.2) is 0 Å². The minimum Gasteiger partial charge on any atom is -0.400 e. The Morgan fingerprint density at radius 3 is 2.46 bits per heavy atom. The first-order valence-electron chi connectivity index (χ1n) is 15.1. The van der Waals surface area contributed by atoms with Crippen molar-refractivity contribution in [3.8, 4) is 6.07 Å². The molecule has 5 rings (SSSR count). The second-order valence-electron chi connectivity index (χ2n) is 13.2. The number of aliphatic hydroxyl groups excluding tert-OH is 1. The van der Waals surface area contributed by atoms with E-state index in [0.717, 1.165) is 49.9 Å². The van der Waals surface area contributed by atoms with Crippen LogP contribution in [-0.2, 0) is 11.3 Å². The van der Waals surface area contributed by atoms with E-state index in [9.17, 15) is 0 Å². The fourth-order valence-corrected chi connectivity index (χ4v) is 10.1. The molecule has 5 heteroatoms. The molecule has 1 aromatic heterocycles. The van der Waals surface area contributed by atoms with Crippen molar-refractivity contribution in [2.24, 2.45) is 51.8 Å². The Morgan fingerprint density at radius 1 is 1.08 bits per heavy atom. The smallest absolute Gasteiger partial charge is 0.102 e. The zero-order chi connectivity index (χ0) is 27.4. The van der Waals surface area contributed by atoms with Crippen molar-refractivity contribution >= 4 is 0 Å². The highest BCUT2D eigenvalue weighted by molar-refractivity contribution is 5.21. The fourth-order valence-electron chi connectivity index (χ4n) is 10.1. The lowest BCUT2D eigenvalue weighted by Crippen LogP contribution is -2.58. The van der Waals surface area contributed by atoms with Gasteiger partial charge in [-0.05, 0) is 110 Å². The highest BCUT2D eigenvalue weighted by Gasteiger charge is 2.63. The summed E-state index contributed by atoms with van der Waals surface area (Å²) < 4.78 is 7.59. The minimum absolute atomic E-state index is 0.475. The van der Waals surface area contributed by atoms with E-state index in [1.807, 2.05) is 31.8 Å². The quantitative estimate of drug-likeness (QED) is 0.447. The zero-order valence-electron chi connectivity index (χ0n) is 25.1. The van der Waals surface area contributed by atoms with Crippen LogP contribution >= 0.6 is 0 Å². The summed E-state index contributed by atoms with van der Waals surface area (Å²) >= 11 is 0. The Bertz CT molecular complexity index is 908. The van der Waals surface area contributed by atoms with Gasteiger partial charge in [0.25, 0.3) is 0 Å². The van der Waals surface area contributed by atoms with Crippen LogP contribution in [0.3, 0.4) is 0 Å². The van der Waals surface area contributed by atoms with Gasteiger partial charge in [0.05, 0.1) is 11.8 Å². The third kappa shape index (κ3) is 5.27. The maximum Gasteiger partial charge on any atom is 0.102 e. The van der Waals surface area contributed by atoms with Crippen molar-refractivity contribution in [2.45, 2.75) is 106 Å². The number of fused-ring (bicyclic) bond motifs is 5. The first-order chi connectivity index (χ1) is 17.7. The van der Waals surface area contributed by atoms with Crippen LogP contribution in [0.4, 0.5) is 0 Å². The van der Waals surface area contributed by atoms with Gasteiger partial charge < -0.3 is 9.84 Å². The van der Waals surface area contributed by atoms with Crippen LogP contribution in [0.2, 0.25) is 0 Å². The number of nitriles is 1. The summed E-state index contributed by atoms with van der Waals surface area (Å²) in [6.45, 7) is 16.3. The number of aromatic nitrogens is 2. The Hall–Kier alpha value is -1.38. The molecule has 0 bridgehead atoms. The predicted molar refractivity (Wildman–Crippen MR) is 151 cm³/mol. The van der Waals surface area contributed by atoms with E-state index in [1.54, 1.807) is 6.20 Å². The summed E-state index contributed by atoms with van der Waals surface area (Å²) in [7, 11) is 2.88. The summed E-state index contributed by atoms with van der Waals surface area (Å²) in [4.78, 5) is 0. The summed E-state index contributed by atoms with van der Waals surface area (Å²) in [5, 5.41) is 20.6. The lowest BCUT2D eigenvalue weighted by molar-refractivity contribution is -0.166. The van der Waals surface area contributed by atoms with Gasteiger partial charge in [0, 0.05) is 33.6 Å². The minimum atomic E-state index is 0.475. The van der Waals surface area contributed by atoms with E-state index in [0.29, 0.717) is 27.7 Å². The first-order valence-corrected chi connectivity index (χ1v) is 15.1. The van der Waals surface area contributed by atoms with Gasteiger partial charge in [-0.2, -0.15) is 10.4 Å². The van der Waals surface area contributed by atoms with Gasteiger partial charge in [-0.15, -0.1) is 0 Å². The van der Waals surface area contributed by atoms with Gasteiger partial charge in [-0.1, -0.05) is 41.5 Å². The van der Waals surface area contributed by atoms with Gasteiger partial charge in [-0.3, -0.25) is 4.68 Å². The lowest BCUT2D eigenvalue weighted by Gasteiger charge is -2.65. The molecule has 0 aliphatic heterocycles. The van der Waals surface area contributed by atoms with Crippen LogP contribution < -0.4 is 0 Å². The van der Waals surface area contributed by atoms with Crippen molar-refractivity contribution < 1.29 is 9.84 Å². The van der Waals surface area contributed by atoms with Crippen molar-refractivity contribution in [3.63, 3.8) is 0 Å². The molecule has 0 spiro atoms. The molecular weight excluding hydrogens is 458 g/mol. The van der Waals surface area contributed by atoms with Gasteiger partial charge in [0.15, 0.2) is 0 Å². The molecule has 0 saturated heterocycles. The molecule has 4 saturated carbocycles. The molecule has 5 nitrogen and oxygen atoms in total. The Morgan fingerprint density at radius 2 is 1.81 bits per heavy atom. The third-order valence-electron chi connectivity index (χ3n) is 11.9. The van der Waals surface area contributed by atoms with Crippen LogP contribution in [0, 0.1) is 63.1 Å². The summed E-state index contributed by atoms with van der Waals surface area (Å²) in [6.07, 6.45) is 16.3. The molecule has 37 heavy (non-hydrogen) atoms. The maximum atomic E-state index is 9.16. The molecule has 9 atom stereocenters. The topological polar surface area (TPSA) is 71.1 Å². The average molecular weight is 514 g/mol. The number of ether oxygens (including phenoxy) is 1.